The first-order chi connectivity index (χ1) is 9.04. The molecule has 1 aliphatic rings. The topological polar surface area (TPSA) is 32.3 Å². The summed E-state index contributed by atoms with van der Waals surface area (Å²) < 4.78 is 13.9. The van der Waals surface area contributed by atoms with E-state index in [4.69, 9.17) is 11.6 Å². The van der Waals surface area contributed by atoms with E-state index in [0.29, 0.717) is 30.9 Å². The molecular formula is C15H21ClFNO. The molecule has 1 aromatic carbocycles. The maximum absolute atomic E-state index is 13.9. The zero-order valence-electron chi connectivity index (χ0n) is 11.3. The van der Waals surface area contributed by atoms with Gasteiger partial charge in [-0.2, -0.15) is 0 Å². The maximum atomic E-state index is 13.9. The fraction of sp³-hybridized carbons (Fsp3) is 0.600. The van der Waals surface area contributed by atoms with Crippen molar-refractivity contribution in [2.45, 2.75) is 50.7 Å². The lowest BCUT2D eigenvalue weighted by molar-refractivity contribution is -0.00359. The van der Waals surface area contributed by atoms with E-state index in [2.05, 4.69) is 12.2 Å². The van der Waals surface area contributed by atoms with E-state index in [-0.39, 0.29) is 5.02 Å². The second kappa shape index (κ2) is 6.21. The van der Waals surface area contributed by atoms with E-state index in [9.17, 15) is 9.50 Å². The second-order valence-electron chi connectivity index (χ2n) is 5.45. The average Bonchev–Trinajstić information content (AvgIpc) is 2.38. The van der Waals surface area contributed by atoms with Crippen LogP contribution < -0.4 is 5.32 Å². The first-order valence-electron chi connectivity index (χ1n) is 6.93. The predicted molar refractivity (Wildman–Crippen MR) is 76.0 cm³/mol. The maximum Gasteiger partial charge on any atom is 0.145 e. The van der Waals surface area contributed by atoms with Gasteiger partial charge in [0, 0.05) is 12.5 Å². The molecule has 1 aromatic rings. The highest BCUT2D eigenvalue weighted by Gasteiger charge is 2.33. The highest BCUT2D eigenvalue weighted by atomic mass is 35.5. The molecule has 2 N–H and O–H groups in total. The van der Waals surface area contributed by atoms with Gasteiger partial charge in [0.2, 0.25) is 0 Å². The molecule has 0 unspecified atom stereocenters. The highest BCUT2D eigenvalue weighted by Crippen LogP contribution is 2.33. The molecule has 0 aliphatic heterocycles. The number of halogens is 2. The monoisotopic (exact) mass is 285 g/mol. The Hall–Kier alpha value is -0.640. The molecule has 0 radical (unpaired) electrons. The van der Waals surface area contributed by atoms with E-state index in [0.717, 1.165) is 19.4 Å². The Morgan fingerprint density at radius 1 is 1.42 bits per heavy atom. The SMILES string of the molecule is CCNC1CCC(O)(Cc2cccc(Cl)c2F)CC1. The average molecular weight is 286 g/mol. The van der Waals surface area contributed by atoms with Gasteiger partial charge in [-0.15, -0.1) is 0 Å². The van der Waals surface area contributed by atoms with E-state index < -0.39 is 11.4 Å². The van der Waals surface area contributed by atoms with Gasteiger partial charge in [-0.3, -0.25) is 0 Å². The Kier molecular flexibility index (Phi) is 4.82. The van der Waals surface area contributed by atoms with E-state index in [1.807, 2.05) is 0 Å². The molecule has 4 heteroatoms. The molecular weight excluding hydrogens is 265 g/mol. The van der Waals surface area contributed by atoms with Gasteiger partial charge >= 0.3 is 0 Å². The van der Waals surface area contributed by atoms with Gasteiger partial charge < -0.3 is 10.4 Å². The highest BCUT2D eigenvalue weighted by molar-refractivity contribution is 6.30. The zero-order chi connectivity index (χ0) is 13.9. The van der Waals surface area contributed by atoms with Crippen LogP contribution in [0.5, 0.6) is 0 Å². The predicted octanol–water partition coefficient (Wildman–Crippen LogP) is 3.30. The lowest BCUT2D eigenvalue weighted by Crippen LogP contribution is -2.42. The fourth-order valence-electron chi connectivity index (χ4n) is 2.86. The minimum Gasteiger partial charge on any atom is -0.390 e. The van der Waals surface area contributed by atoms with Gasteiger partial charge in [0.25, 0.3) is 0 Å². The van der Waals surface area contributed by atoms with Gasteiger partial charge in [0.05, 0.1) is 10.6 Å². The molecule has 2 nitrogen and oxygen atoms in total. The van der Waals surface area contributed by atoms with E-state index in [1.165, 1.54) is 6.07 Å². The number of aliphatic hydroxyl groups is 1. The normalized spacial score (nSPS) is 27.5. The van der Waals surface area contributed by atoms with Gasteiger partial charge in [-0.25, -0.2) is 4.39 Å². The van der Waals surface area contributed by atoms with Crippen LogP contribution in [0.4, 0.5) is 4.39 Å². The lowest BCUT2D eigenvalue weighted by atomic mass is 9.78. The van der Waals surface area contributed by atoms with Gasteiger partial charge in [0.1, 0.15) is 5.82 Å². The standard InChI is InChI=1S/C15H21ClFNO/c1-2-18-12-6-8-15(19,9-7-12)10-11-4-3-5-13(16)14(11)17/h3-5,12,18-19H,2,6-10H2,1H3. The summed E-state index contributed by atoms with van der Waals surface area (Å²) in [5.74, 6) is -0.397. The van der Waals surface area contributed by atoms with Crippen molar-refractivity contribution in [2.24, 2.45) is 0 Å². The zero-order valence-corrected chi connectivity index (χ0v) is 12.0. The van der Waals surface area contributed by atoms with Crippen LogP contribution in [0.3, 0.4) is 0 Å². The molecule has 0 heterocycles. The molecule has 0 spiro atoms. The Morgan fingerprint density at radius 2 is 2.11 bits per heavy atom. The molecule has 1 fully saturated rings. The van der Waals surface area contributed by atoms with Crippen LogP contribution in [0.1, 0.15) is 38.2 Å². The third-order valence-corrected chi connectivity index (χ3v) is 4.25. The van der Waals surface area contributed by atoms with Crippen molar-refractivity contribution < 1.29 is 9.50 Å². The Morgan fingerprint density at radius 3 is 2.74 bits per heavy atom. The molecule has 0 bridgehead atoms. The summed E-state index contributed by atoms with van der Waals surface area (Å²) in [5.41, 5.74) is -0.283. The Balaban J connectivity index is 2.01. The largest absolute Gasteiger partial charge is 0.390 e. The third-order valence-electron chi connectivity index (χ3n) is 3.96. The van der Waals surface area contributed by atoms with Crippen LogP contribution in [0, 0.1) is 5.82 Å². The van der Waals surface area contributed by atoms with E-state index >= 15 is 0 Å². The molecule has 106 valence electrons. The molecule has 1 aliphatic carbocycles. The van der Waals surface area contributed by atoms with E-state index in [1.54, 1.807) is 12.1 Å². The first-order valence-corrected chi connectivity index (χ1v) is 7.30. The molecule has 0 atom stereocenters. The van der Waals surface area contributed by atoms with Gasteiger partial charge in [-0.05, 0) is 43.9 Å². The van der Waals surface area contributed by atoms with Crippen molar-refractivity contribution in [3.63, 3.8) is 0 Å². The fourth-order valence-corrected chi connectivity index (χ4v) is 3.06. The number of benzene rings is 1. The summed E-state index contributed by atoms with van der Waals surface area (Å²) in [5, 5.41) is 14.1. The van der Waals surface area contributed by atoms with Crippen molar-refractivity contribution in [1.82, 2.24) is 5.32 Å². The van der Waals surface area contributed by atoms with Crippen LogP contribution in [0.15, 0.2) is 18.2 Å². The van der Waals surface area contributed by atoms with Crippen LogP contribution >= 0.6 is 11.6 Å². The molecule has 2 rings (SSSR count). The van der Waals surface area contributed by atoms with Gasteiger partial charge in [0.15, 0.2) is 0 Å². The number of hydrogen-bond donors (Lipinski definition) is 2. The third kappa shape index (κ3) is 3.68. The van der Waals surface area contributed by atoms with Crippen LogP contribution in [-0.4, -0.2) is 23.3 Å². The first kappa shape index (κ1) is 14.8. The Bertz CT molecular complexity index is 430. The van der Waals surface area contributed by atoms with Crippen LogP contribution in [0.2, 0.25) is 5.02 Å². The number of hydrogen-bond acceptors (Lipinski definition) is 2. The second-order valence-corrected chi connectivity index (χ2v) is 5.85. The van der Waals surface area contributed by atoms with Crippen molar-refractivity contribution in [1.29, 1.82) is 0 Å². The molecule has 0 saturated heterocycles. The lowest BCUT2D eigenvalue weighted by Gasteiger charge is -2.36. The quantitative estimate of drug-likeness (QED) is 0.890. The number of rotatable bonds is 4. The van der Waals surface area contributed by atoms with Crippen molar-refractivity contribution in [3.8, 4) is 0 Å². The minimum atomic E-state index is -0.794. The minimum absolute atomic E-state index is 0.127. The van der Waals surface area contributed by atoms with Crippen molar-refractivity contribution in [3.05, 3.63) is 34.6 Å². The Labute approximate surface area is 119 Å². The molecule has 1 saturated carbocycles. The smallest absolute Gasteiger partial charge is 0.145 e. The molecule has 19 heavy (non-hydrogen) atoms. The van der Waals surface area contributed by atoms with Crippen molar-refractivity contribution >= 4 is 11.6 Å². The summed E-state index contributed by atoms with van der Waals surface area (Å²) in [6.07, 6.45) is 3.63. The van der Waals surface area contributed by atoms with Crippen molar-refractivity contribution in [2.75, 3.05) is 6.54 Å². The van der Waals surface area contributed by atoms with Gasteiger partial charge in [-0.1, -0.05) is 30.7 Å². The summed E-state index contributed by atoms with van der Waals surface area (Å²) in [6, 6.07) is 5.45. The summed E-state index contributed by atoms with van der Waals surface area (Å²) in [4.78, 5) is 0. The summed E-state index contributed by atoms with van der Waals surface area (Å²) >= 11 is 5.77. The summed E-state index contributed by atoms with van der Waals surface area (Å²) in [6.45, 7) is 3.04. The number of nitrogens with one attached hydrogen (secondary N) is 1. The summed E-state index contributed by atoms with van der Waals surface area (Å²) in [7, 11) is 0. The molecule has 0 aromatic heterocycles. The van der Waals surface area contributed by atoms with Crippen LogP contribution in [-0.2, 0) is 6.42 Å². The molecule has 0 amide bonds. The van der Waals surface area contributed by atoms with Crippen LogP contribution in [0.25, 0.3) is 0 Å².